The number of nitrogens with zero attached hydrogens (tertiary/aromatic N) is 4. The monoisotopic (exact) mass is 957 g/mol. The van der Waals surface area contributed by atoms with Crippen LogP contribution >= 0.6 is 0 Å². The minimum atomic E-state index is -0.599. The quantitative estimate of drug-likeness (QED) is 0.112. The molecule has 6 heteroatoms. The van der Waals surface area contributed by atoms with Gasteiger partial charge in [-0.2, -0.15) is 18.2 Å². The third kappa shape index (κ3) is 7.28. The van der Waals surface area contributed by atoms with E-state index in [1.54, 1.807) is 86.6 Å². The van der Waals surface area contributed by atoms with E-state index in [1.807, 2.05) is 12.1 Å². The van der Waals surface area contributed by atoms with E-state index in [4.69, 9.17) is 23.9 Å². The van der Waals surface area contributed by atoms with Crippen LogP contribution in [0.2, 0.25) is 0 Å². The number of imidazole rings is 1. The Morgan fingerprint density at radius 3 is 2.10 bits per heavy atom. The van der Waals surface area contributed by atoms with Gasteiger partial charge in [-0.3, -0.25) is 4.57 Å². The van der Waals surface area contributed by atoms with E-state index in [0.717, 1.165) is 12.0 Å². The molecule has 3 aromatic heterocycles. The smallest absolute Gasteiger partial charge is 0.268 e. The molecule has 0 saturated heterocycles. The fraction of sp³-hybridized carbons (Fsp3) is 0.0943. The summed E-state index contributed by atoms with van der Waals surface area (Å²) in [5.74, 6) is 0.903. The second-order valence-electron chi connectivity index (χ2n) is 14.9. The van der Waals surface area contributed by atoms with Crippen molar-refractivity contribution in [1.29, 1.82) is 0 Å². The van der Waals surface area contributed by atoms with Crippen molar-refractivity contribution in [1.82, 2.24) is 14.1 Å². The molecular formula is C53H40N4OPt-2. The SMILES string of the molecule is [2H]c1c([2H])c([2H])c(-c2cccc(-c3c([2H])c([2H])c([2H])c([2H])c3[2H])c2-[n+]2[c-]n(-c3[c-]c(Oc4[c-]c5c(cc4)c4c([2H])c([2H])c([2H])c([2H])c4n5-c4cc(CC(C)(C)C)ccn4)ccc3)c3ccccc32)c([2H])c1[2H].[Pt]. The van der Waals surface area contributed by atoms with Gasteiger partial charge in [0.2, 0.25) is 0 Å². The van der Waals surface area contributed by atoms with Gasteiger partial charge in [-0.25, -0.2) is 4.98 Å². The Bertz CT molecular complexity index is 3800. The van der Waals surface area contributed by atoms with Crippen molar-refractivity contribution >= 4 is 32.8 Å². The number of ether oxygens (including phenoxy) is 1. The molecule has 0 atom stereocenters. The van der Waals surface area contributed by atoms with E-state index in [0.29, 0.717) is 38.8 Å². The molecule has 0 amide bonds. The van der Waals surface area contributed by atoms with Gasteiger partial charge < -0.3 is 13.9 Å². The predicted molar refractivity (Wildman–Crippen MR) is 234 cm³/mol. The minimum absolute atomic E-state index is 0. The number of rotatable bonds is 8. The van der Waals surface area contributed by atoms with E-state index >= 15 is 0 Å². The molecule has 0 fully saturated rings. The first-order chi connectivity index (χ1) is 34.2. The van der Waals surface area contributed by atoms with Gasteiger partial charge in [0.15, 0.2) is 0 Å². The zero-order chi connectivity index (χ0) is 51.4. The van der Waals surface area contributed by atoms with Crippen molar-refractivity contribution in [2.45, 2.75) is 27.2 Å². The number of para-hydroxylation sites is 4. The van der Waals surface area contributed by atoms with Crippen LogP contribution in [0.3, 0.4) is 0 Å². The molecule has 59 heavy (non-hydrogen) atoms. The Morgan fingerprint density at radius 1 is 0.678 bits per heavy atom. The van der Waals surface area contributed by atoms with E-state index in [-0.39, 0.29) is 95.6 Å². The first kappa shape index (κ1) is 25.0. The van der Waals surface area contributed by atoms with Crippen molar-refractivity contribution in [2.75, 3.05) is 0 Å². The molecule has 0 saturated carbocycles. The van der Waals surface area contributed by atoms with Gasteiger partial charge in [0.1, 0.15) is 5.82 Å². The molecule has 290 valence electrons. The Balaban J connectivity index is 0.00000656. The molecule has 10 aromatic rings. The van der Waals surface area contributed by atoms with Gasteiger partial charge in [-0.1, -0.05) is 147 Å². The second kappa shape index (κ2) is 15.7. The average molecular weight is 958 g/mol. The first-order valence-electron chi connectivity index (χ1n) is 25.5. The normalized spacial score (nSPS) is 14.9. The second-order valence-corrected chi connectivity index (χ2v) is 14.9. The van der Waals surface area contributed by atoms with E-state index in [2.05, 4.69) is 44.2 Å². The van der Waals surface area contributed by atoms with Crippen LogP contribution in [0.1, 0.15) is 45.5 Å². The maximum atomic E-state index is 9.02. The van der Waals surface area contributed by atoms with E-state index < -0.39 is 60.4 Å². The standard InChI is InChI=1S/C53H40N4O.Pt/c1-53(2,3)35-37-30-31-54-51(32-37)57-47-25-11-10-22-45(47)46-29-28-42(34-50(46)57)58-41-21-14-20-40(33-41)55-36-56(49-27-13-12-26-48(49)55)52-43(38-16-6-4-7-17-38)23-15-24-44(52)39-18-8-5-9-19-39;/h4-32H,35H2,1-3H3;/q-2;/i4D,5D,6D,7D,8D,9D,10D,11D,16D,17D,18D,19D,22D,25D;. The predicted octanol–water partition coefficient (Wildman–Crippen LogP) is 12.5. The molecule has 0 aliphatic heterocycles. The summed E-state index contributed by atoms with van der Waals surface area (Å²) in [6.45, 7) is 6.37. The maximum Gasteiger partial charge on any atom is 0.268 e. The molecule has 5 nitrogen and oxygen atoms in total. The Kier molecular flexibility index (Phi) is 6.65. The number of aromatic nitrogens is 4. The summed E-state index contributed by atoms with van der Waals surface area (Å²) in [7, 11) is 0. The van der Waals surface area contributed by atoms with Gasteiger partial charge >= 0.3 is 0 Å². The summed E-state index contributed by atoms with van der Waals surface area (Å²) in [5.41, 5.74) is 2.99. The molecule has 0 radical (unpaired) electrons. The summed E-state index contributed by atoms with van der Waals surface area (Å²) in [6.07, 6.45) is 5.75. The number of benzene rings is 7. The fourth-order valence-corrected chi connectivity index (χ4v) is 7.32. The van der Waals surface area contributed by atoms with Crippen molar-refractivity contribution < 1.29 is 49.6 Å². The third-order valence-electron chi connectivity index (χ3n) is 9.63. The summed E-state index contributed by atoms with van der Waals surface area (Å²) in [6, 6.07) is 24.0. The summed E-state index contributed by atoms with van der Waals surface area (Å²) < 4.78 is 133. The number of pyridine rings is 1. The zero-order valence-corrected chi connectivity index (χ0v) is 34.2. The summed E-state index contributed by atoms with van der Waals surface area (Å²) in [5, 5.41) is 0.816. The summed E-state index contributed by atoms with van der Waals surface area (Å²) in [4.78, 5) is 4.68. The number of hydrogen-bond acceptors (Lipinski definition) is 2. The van der Waals surface area contributed by atoms with Crippen LogP contribution in [-0.4, -0.2) is 14.1 Å². The Labute approximate surface area is 378 Å². The summed E-state index contributed by atoms with van der Waals surface area (Å²) >= 11 is 0. The average Bonchev–Trinajstić information content (AvgIpc) is 3.91. The topological polar surface area (TPSA) is 35.9 Å². The van der Waals surface area contributed by atoms with Crippen molar-refractivity contribution in [3.63, 3.8) is 0 Å². The number of fused-ring (bicyclic) bond motifs is 4. The molecular weight excluding hydrogens is 904 g/mol. The third-order valence-corrected chi connectivity index (χ3v) is 9.63. The van der Waals surface area contributed by atoms with Gasteiger partial charge in [0.25, 0.3) is 6.33 Å². The molecule has 0 aliphatic rings. The minimum Gasteiger partial charge on any atom is -0.510 e. The zero-order valence-electron chi connectivity index (χ0n) is 45.9. The first-order valence-corrected chi connectivity index (χ1v) is 18.5. The number of hydrogen-bond donors (Lipinski definition) is 0. The Morgan fingerprint density at radius 2 is 1.36 bits per heavy atom. The van der Waals surface area contributed by atoms with Crippen LogP contribution in [0, 0.1) is 23.9 Å². The molecule has 0 aliphatic carbocycles. The van der Waals surface area contributed by atoms with E-state index in [1.165, 1.54) is 6.07 Å². The molecule has 0 unspecified atom stereocenters. The molecule has 0 N–H and O–H groups in total. The van der Waals surface area contributed by atoms with E-state index in [9.17, 15) is 0 Å². The van der Waals surface area contributed by atoms with Crippen LogP contribution in [-0.2, 0) is 27.5 Å². The molecule has 7 aromatic carbocycles. The molecule has 3 heterocycles. The van der Waals surface area contributed by atoms with Crippen molar-refractivity contribution in [3.05, 3.63) is 200 Å². The van der Waals surface area contributed by atoms with Gasteiger partial charge in [0.05, 0.1) is 35.9 Å². The van der Waals surface area contributed by atoms with Crippen LogP contribution < -0.4 is 9.30 Å². The van der Waals surface area contributed by atoms with Crippen LogP contribution in [0.25, 0.3) is 72.3 Å². The van der Waals surface area contributed by atoms with Crippen LogP contribution in [0.15, 0.2) is 176 Å². The molecule has 10 rings (SSSR count). The van der Waals surface area contributed by atoms with Gasteiger partial charge in [-0.15, -0.1) is 29.7 Å². The maximum absolute atomic E-state index is 9.02. The van der Waals surface area contributed by atoms with Crippen LogP contribution in [0.5, 0.6) is 11.5 Å². The molecule has 0 bridgehead atoms. The molecule has 0 spiro atoms. The van der Waals surface area contributed by atoms with Gasteiger partial charge in [0, 0.05) is 44.3 Å². The van der Waals surface area contributed by atoms with Crippen molar-refractivity contribution in [3.8, 4) is 50.9 Å². The van der Waals surface area contributed by atoms with Crippen LogP contribution in [0.4, 0.5) is 0 Å². The largest absolute Gasteiger partial charge is 0.510 e. The van der Waals surface area contributed by atoms with Crippen molar-refractivity contribution in [2.24, 2.45) is 5.41 Å². The fourth-order valence-electron chi connectivity index (χ4n) is 7.32. The van der Waals surface area contributed by atoms with Gasteiger partial charge in [-0.05, 0) is 68.9 Å². The Hall–Kier alpha value is -6.55.